The lowest BCUT2D eigenvalue weighted by molar-refractivity contribution is -0.126. The van der Waals surface area contributed by atoms with E-state index in [4.69, 9.17) is 4.42 Å². The van der Waals surface area contributed by atoms with E-state index in [0.29, 0.717) is 38.2 Å². The van der Waals surface area contributed by atoms with Crippen LogP contribution in [0.5, 0.6) is 0 Å². The van der Waals surface area contributed by atoms with Crippen molar-refractivity contribution in [3.05, 3.63) is 46.5 Å². The Morgan fingerprint density at radius 1 is 1.26 bits per heavy atom. The highest BCUT2D eigenvalue weighted by Gasteiger charge is 2.28. The minimum atomic E-state index is -0.0912. The van der Waals surface area contributed by atoms with Gasteiger partial charge in [0, 0.05) is 30.4 Å². The zero-order valence-corrected chi connectivity index (χ0v) is 13.7. The fraction of sp³-hybridized carbons (Fsp3) is 0.412. The van der Waals surface area contributed by atoms with E-state index in [0.717, 1.165) is 6.42 Å². The molecule has 1 aliphatic rings. The predicted octanol–water partition coefficient (Wildman–Crippen LogP) is 2.55. The molecular formula is C17H20N2O3S. The maximum absolute atomic E-state index is 12.2. The second-order valence-electron chi connectivity index (χ2n) is 5.66. The molecule has 0 aromatic carbocycles. The van der Waals surface area contributed by atoms with Crippen molar-refractivity contribution in [2.24, 2.45) is 5.92 Å². The van der Waals surface area contributed by atoms with E-state index < -0.39 is 0 Å². The summed E-state index contributed by atoms with van der Waals surface area (Å²) in [6, 6.07) is 7.48. The molecule has 3 heterocycles. The van der Waals surface area contributed by atoms with E-state index in [2.05, 4.69) is 11.4 Å². The number of hydrogen-bond acceptors (Lipinski definition) is 4. The van der Waals surface area contributed by atoms with Gasteiger partial charge in [0.1, 0.15) is 0 Å². The quantitative estimate of drug-likeness (QED) is 0.915. The summed E-state index contributed by atoms with van der Waals surface area (Å²) in [5.74, 6) is 0.376. The molecule has 0 atom stereocenters. The SMILES string of the molecule is O=C(NCCc1cccs1)C1CCN(C(=O)c2ccco2)CC1. The Kier molecular flexibility index (Phi) is 5.12. The van der Waals surface area contributed by atoms with E-state index >= 15 is 0 Å². The van der Waals surface area contributed by atoms with Crippen LogP contribution < -0.4 is 5.32 Å². The first kappa shape index (κ1) is 15.8. The van der Waals surface area contributed by atoms with Crippen molar-refractivity contribution in [3.8, 4) is 0 Å². The van der Waals surface area contributed by atoms with E-state index in [1.165, 1.54) is 11.1 Å². The predicted molar refractivity (Wildman–Crippen MR) is 88.4 cm³/mol. The molecule has 1 N–H and O–H groups in total. The van der Waals surface area contributed by atoms with Crippen molar-refractivity contribution in [2.75, 3.05) is 19.6 Å². The standard InChI is InChI=1S/C17H20N2O3S/c20-16(18-8-5-14-3-2-12-23-14)13-6-9-19(10-7-13)17(21)15-4-1-11-22-15/h1-4,11-13H,5-10H2,(H,18,20). The number of amides is 2. The molecule has 23 heavy (non-hydrogen) atoms. The van der Waals surface area contributed by atoms with Gasteiger partial charge in [-0.15, -0.1) is 11.3 Å². The van der Waals surface area contributed by atoms with Gasteiger partial charge in [-0.2, -0.15) is 0 Å². The van der Waals surface area contributed by atoms with Crippen molar-refractivity contribution < 1.29 is 14.0 Å². The fourth-order valence-electron chi connectivity index (χ4n) is 2.81. The minimum Gasteiger partial charge on any atom is -0.459 e. The van der Waals surface area contributed by atoms with Crippen LogP contribution in [0.4, 0.5) is 0 Å². The fourth-order valence-corrected chi connectivity index (χ4v) is 3.52. The molecule has 0 radical (unpaired) electrons. The highest BCUT2D eigenvalue weighted by atomic mass is 32.1. The molecule has 6 heteroatoms. The summed E-state index contributed by atoms with van der Waals surface area (Å²) in [7, 11) is 0. The summed E-state index contributed by atoms with van der Waals surface area (Å²) in [6.45, 7) is 1.87. The second kappa shape index (κ2) is 7.46. The van der Waals surface area contributed by atoms with Gasteiger partial charge in [0.2, 0.25) is 5.91 Å². The molecule has 2 amide bonds. The van der Waals surface area contributed by atoms with Crippen molar-refractivity contribution in [2.45, 2.75) is 19.3 Å². The third kappa shape index (κ3) is 4.01. The Balaban J connectivity index is 1.41. The Hall–Kier alpha value is -2.08. The van der Waals surface area contributed by atoms with Crippen LogP contribution in [0.2, 0.25) is 0 Å². The van der Waals surface area contributed by atoms with Gasteiger partial charge in [-0.25, -0.2) is 0 Å². The van der Waals surface area contributed by atoms with Crippen molar-refractivity contribution in [1.29, 1.82) is 0 Å². The van der Waals surface area contributed by atoms with Crippen LogP contribution in [0, 0.1) is 5.92 Å². The van der Waals surface area contributed by atoms with Crippen LogP contribution in [0.15, 0.2) is 40.3 Å². The number of likely N-dealkylation sites (tertiary alicyclic amines) is 1. The summed E-state index contributed by atoms with van der Waals surface area (Å²) in [4.78, 5) is 27.4. The molecule has 0 saturated carbocycles. The van der Waals surface area contributed by atoms with Crippen LogP contribution in [-0.2, 0) is 11.2 Å². The lowest BCUT2D eigenvalue weighted by Gasteiger charge is -2.30. The van der Waals surface area contributed by atoms with Gasteiger partial charge in [0.25, 0.3) is 5.91 Å². The van der Waals surface area contributed by atoms with Gasteiger partial charge in [0.05, 0.1) is 6.26 Å². The molecule has 2 aromatic rings. The highest BCUT2D eigenvalue weighted by Crippen LogP contribution is 2.19. The van der Waals surface area contributed by atoms with Gasteiger partial charge in [-0.1, -0.05) is 6.07 Å². The summed E-state index contributed by atoms with van der Waals surface area (Å²) in [5.41, 5.74) is 0. The highest BCUT2D eigenvalue weighted by molar-refractivity contribution is 7.09. The summed E-state index contributed by atoms with van der Waals surface area (Å²) < 4.78 is 5.14. The maximum Gasteiger partial charge on any atom is 0.289 e. The monoisotopic (exact) mass is 332 g/mol. The second-order valence-corrected chi connectivity index (χ2v) is 6.70. The first-order valence-electron chi connectivity index (χ1n) is 7.87. The van der Waals surface area contributed by atoms with Gasteiger partial charge >= 0.3 is 0 Å². The number of carbonyl (C=O) groups is 2. The average molecular weight is 332 g/mol. The number of carbonyl (C=O) groups excluding carboxylic acids is 2. The molecule has 3 rings (SSSR count). The first-order valence-corrected chi connectivity index (χ1v) is 8.75. The van der Waals surface area contributed by atoms with Crippen LogP contribution in [0.3, 0.4) is 0 Å². The number of nitrogens with one attached hydrogen (secondary N) is 1. The number of nitrogens with zero attached hydrogens (tertiary/aromatic N) is 1. The zero-order chi connectivity index (χ0) is 16.1. The maximum atomic E-state index is 12.2. The first-order chi connectivity index (χ1) is 11.2. The summed E-state index contributed by atoms with van der Waals surface area (Å²) in [6.07, 6.45) is 3.79. The average Bonchev–Trinajstić information content (AvgIpc) is 3.28. The van der Waals surface area contributed by atoms with Crippen LogP contribution in [0.25, 0.3) is 0 Å². The normalized spacial score (nSPS) is 15.6. The molecule has 2 aromatic heterocycles. The zero-order valence-electron chi connectivity index (χ0n) is 12.9. The number of rotatable bonds is 5. The lowest BCUT2D eigenvalue weighted by Crippen LogP contribution is -2.43. The third-order valence-electron chi connectivity index (χ3n) is 4.14. The Morgan fingerprint density at radius 2 is 2.09 bits per heavy atom. The molecule has 122 valence electrons. The van der Waals surface area contributed by atoms with Crippen LogP contribution in [-0.4, -0.2) is 36.3 Å². The van der Waals surface area contributed by atoms with Crippen LogP contribution >= 0.6 is 11.3 Å². The van der Waals surface area contributed by atoms with Crippen molar-refractivity contribution in [1.82, 2.24) is 10.2 Å². The number of hydrogen-bond donors (Lipinski definition) is 1. The molecule has 1 aliphatic heterocycles. The van der Waals surface area contributed by atoms with E-state index in [-0.39, 0.29) is 17.7 Å². The van der Waals surface area contributed by atoms with Gasteiger partial charge in [-0.3, -0.25) is 9.59 Å². The molecule has 0 aliphatic carbocycles. The molecule has 5 nitrogen and oxygen atoms in total. The Labute approximate surface area is 139 Å². The van der Waals surface area contributed by atoms with Gasteiger partial charge in [0.15, 0.2) is 5.76 Å². The summed E-state index contributed by atoms with van der Waals surface area (Å²) in [5, 5.41) is 5.05. The third-order valence-corrected chi connectivity index (χ3v) is 5.07. The molecule has 0 unspecified atom stereocenters. The smallest absolute Gasteiger partial charge is 0.289 e. The number of thiophene rings is 1. The lowest BCUT2D eigenvalue weighted by atomic mass is 9.95. The van der Waals surface area contributed by atoms with Crippen molar-refractivity contribution in [3.63, 3.8) is 0 Å². The Morgan fingerprint density at radius 3 is 2.74 bits per heavy atom. The van der Waals surface area contributed by atoms with Gasteiger partial charge < -0.3 is 14.6 Å². The summed E-state index contributed by atoms with van der Waals surface area (Å²) >= 11 is 1.71. The van der Waals surface area contributed by atoms with Crippen LogP contribution in [0.1, 0.15) is 28.3 Å². The number of piperidine rings is 1. The van der Waals surface area contributed by atoms with E-state index in [1.54, 1.807) is 28.4 Å². The molecule has 0 spiro atoms. The number of furan rings is 1. The van der Waals surface area contributed by atoms with E-state index in [9.17, 15) is 9.59 Å². The molecular weight excluding hydrogens is 312 g/mol. The molecule has 1 saturated heterocycles. The van der Waals surface area contributed by atoms with Crippen molar-refractivity contribution >= 4 is 23.2 Å². The topological polar surface area (TPSA) is 62.6 Å². The van der Waals surface area contributed by atoms with E-state index in [1.807, 2.05) is 11.4 Å². The molecule has 1 fully saturated rings. The molecule has 0 bridgehead atoms. The Bertz CT molecular complexity index is 629. The minimum absolute atomic E-state index is 0.000938. The largest absolute Gasteiger partial charge is 0.459 e. The van der Waals surface area contributed by atoms with Gasteiger partial charge in [-0.05, 0) is 42.8 Å².